The fourth-order valence-electron chi connectivity index (χ4n) is 5.20. The second-order valence-electron chi connectivity index (χ2n) is 7.07. The molecule has 0 unspecified atom stereocenters. The van der Waals surface area contributed by atoms with Crippen molar-refractivity contribution in [1.29, 1.82) is 0 Å². The summed E-state index contributed by atoms with van der Waals surface area (Å²) in [6, 6.07) is 0. The topological polar surface area (TPSA) is 48.9 Å². The summed E-state index contributed by atoms with van der Waals surface area (Å²) in [7, 11) is 1.32. The van der Waals surface area contributed by atoms with Crippen LogP contribution in [0.3, 0.4) is 0 Å². The number of benzene rings is 1. The summed E-state index contributed by atoms with van der Waals surface area (Å²) in [5, 5.41) is 0. The molecule has 5 rings (SSSR count). The minimum absolute atomic E-state index is 0.139. The van der Waals surface area contributed by atoms with Gasteiger partial charge in [-0.1, -0.05) is 12.2 Å². The van der Waals surface area contributed by atoms with Gasteiger partial charge < -0.3 is 0 Å². The maximum atomic E-state index is 14.5. The smallest absolute Gasteiger partial charge is 0.246 e. The zero-order valence-electron chi connectivity index (χ0n) is 13.6. The van der Waals surface area contributed by atoms with Gasteiger partial charge in [0, 0.05) is 30.0 Å². The highest BCUT2D eigenvalue weighted by atomic mass is 19.2. The van der Waals surface area contributed by atoms with E-state index in [1.807, 2.05) is 0 Å². The number of hydrogen-bond donors (Lipinski definition) is 0. The Labute approximate surface area is 143 Å². The summed E-state index contributed by atoms with van der Waals surface area (Å²) < 4.78 is 60.1. The maximum absolute atomic E-state index is 14.5. The number of halogens is 4. The van der Waals surface area contributed by atoms with Gasteiger partial charge in [0.15, 0.2) is 23.3 Å². The van der Waals surface area contributed by atoms with Crippen LogP contribution in [0, 0.1) is 23.3 Å². The molecule has 1 fully saturated rings. The summed E-state index contributed by atoms with van der Waals surface area (Å²) >= 11 is 0. The standard InChI is InChI=1S/C17H13F4N3O2/c1-22-15(25)23-6-2-5-17(24(23)16(22)26)7-3-4-8(17)10-9(7)11(18)13(20)14(21)12(10)19/h2,5,7-8H,3-4,6H2,1H3/t7-,8-/m0/s1. The van der Waals surface area contributed by atoms with Gasteiger partial charge in [-0.25, -0.2) is 41.1 Å². The third-order valence-corrected chi connectivity index (χ3v) is 6.15. The van der Waals surface area contributed by atoms with Crippen molar-refractivity contribution in [3.8, 4) is 0 Å². The molecule has 0 saturated heterocycles. The molecule has 26 heavy (non-hydrogen) atoms. The lowest BCUT2D eigenvalue weighted by atomic mass is 9.84. The second-order valence-corrected chi connectivity index (χ2v) is 7.07. The van der Waals surface area contributed by atoms with E-state index in [1.165, 1.54) is 16.4 Å². The lowest BCUT2D eigenvalue weighted by molar-refractivity contribution is 0.232. The number of fused-ring (bicyclic) bond motifs is 4. The van der Waals surface area contributed by atoms with Crippen LogP contribution in [0.4, 0.5) is 17.6 Å². The molecule has 2 bridgehead atoms. The van der Waals surface area contributed by atoms with E-state index in [4.69, 9.17) is 0 Å². The van der Waals surface area contributed by atoms with Gasteiger partial charge in [0.2, 0.25) is 0 Å². The lowest BCUT2D eigenvalue weighted by Crippen LogP contribution is -2.48. The zero-order chi connectivity index (χ0) is 18.5. The van der Waals surface area contributed by atoms with Gasteiger partial charge in [0.1, 0.15) is 0 Å². The number of rotatable bonds is 0. The molecule has 0 amide bonds. The van der Waals surface area contributed by atoms with Crippen molar-refractivity contribution in [2.24, 2.45) is 7.05 Å². The molecule has 9 heteroatoms. The molecule has 3 aliphatic rings. The Morgan fingerprint density at radius 2 is 1.46 bits per heavy atom. The van der Waals surface area contributed by atoms with Crippen LogP contribution in [0.1, 0.15) is 35.8 Å². The normalized spacial score (nSPS) is 28.0. The summed E-state index contributed by atoms with van der Waals surface area (Å²) in [4.78, 5) is 25.0. The van der Waals surface area contributed by atoms with Crippen molar-refractivity contribution in [2.45, 2.75) is 36.8 Å². The molecule has 2 atom stereocenters. The Morgan fingerprint density at radius 1 is 0.923 bits per heavy atom. The number of aromatic nitrogens is 3. The zero-order valence-corrected chi connectivity index (χ0v) is 13.6. The number of allylic oxidation sites excluding steroid dienone is 2. The summed E-state index contributed by atoms with van der Waals surface area (Å²) in [6.07, 6.45) is 4.06. The highest BCUT2D eigenvalue weighted by molar-refractivity contribution is 5.51. The highest BCUT2D eigenvalue weighted by Crippen LogP contribution is 2.65. The van der Waals surface area contributed by atoms with E-state index in [-0.39, 0.29) is 17.7 Å². The van der Waals surface area contributed by atoms with E-state index >= 15 is 0 Å². The average molecular weight is 367 g/mol. The van der Waals surface area contributed by atoms with Gasteiger partial charge in [-0.2, -0.15) is 0 Å². The lowest BCUT2D eigenvalue weighted by Gasteiger charge is -2.36. The fraction of sp³-hybridized carbons (Fsp3) is 0.412. The van der Waals surface area contributed by atoms with Gasteiger partial charge in [0.05, 0.1) is 12.1 Å². The van der Waals surface area contributed by atoms with E-state index in [1.54, 1.807) is 12.2 Å². The van der Waals surface area contributed by atoms with Gasteiger partial charge >= 0.3 is 11.4 Å². The Hall–Kier alpha value is -2.58. The molecule has 1 spiro atoms. The second kappa shape index (κ2) is 4.57. The molecule has 0 N–H and O–H groups in total. The van der Waals surface area contributed by atoms with Gasteiger partial charge in [-0.15, -0.1) is 0 Å². The maximum Gasteiger partial charge on any atom is 0.347 e. The van der Waals surface area contributed by atoms with Crippen molar-refractivity contribution in [3.63, 3.8) is 0 Å². The number of nitrogens with zero attached hydrogens (tertiary/aromatic N) is 3. The molecule has 136 valence electrons. The third kappa shape index (κ3) is 1.42. The van der Waals surface area contributed by atoms with Crippen LogP contribution >= 0.6 is 0 Å². The molecule has 0 radical (unpaired) electrons. The molecule has 1 aromatic heterocycles. The molecule has 2 aliphatic carbocycles. The van der Waals surface area contributed by atoms with E-state index in [0.29, 0.717) is 12.8 Å². The Kier molecular flexibility index (Phi) is 2.75. The predicted molar refractivity (Wildman–Crippen MR) is 82.0 cm³/mol. The van der Waals surface area contributed by atoms with Crippen molar-refractivity contribution < 1.29 is 17.6 Å². The van der Waals surface area contributed by atoms with Crippen LogP contribution < -0.4 is 11.4 Å². The van der Waals surface area contributed by atoms with Crippen molar-refractivity contribution in [3.05, 3.63) is 67.5 Å². The average Bonchev–Trinajstić information content (AvgIpc) is 3.20. The van der Waals surface area contributed by atoms with Crippen LogP contribution in [0.5, 0.6) is 0 Å². The van der Waals surface area contributed by atoms with Crippen LogP contribution in [0.25, 0.3) is 0 Å². The molecule has 5 nitrogen and oxygen atoms in total. The summed E-state index contributed by atoms with van der Waals surface area (Å²) in [5.74, 6) is -8.03. The fourth-order valence-corrected chi connectivity index (χ4v) is 5.20. The molecule has 1 aromatic carbocycles. The van der Waals surface area contributed by atoms with Gasteiger partial charge in [-0.3, -0.25) is 0 Å². The summed E-state index contributed by atoms with van der Waals surface area (Å²) in [6.45, 7) is 0.139. The van der Waals surface area contributed by atoms with Crippen LogP contribution in [0.2, 0.25) is 0 Å². The minimum atomic E-state index is -1.85. The van der Waals surface area contributed by atoms with Crippen LogP contribution in [0.15, 0.2) is 21.7 Å². The van der Waals surface area contributed by atoms with E-state index < -0.39 is 52.0 Å². The first-order chi connectivity index (χ1) is 12.3. The first-order valence-electron chi connectivity index (χ1n) is 8.25. The molecule has 1 aliphatic heterocycles. The van der Waals surface area contributed by atoms with E-state index in [9.17, 15) is 27.2 Å². The summed E-state index contributed by atoms with van der Waals surface area (Å²) in [5.41, 5.74) is -2.85. The van der Waals surface area contributed by atoms with E-state index in [0.717, 1.165) is 4.57 Å². The van der Waals surface area contributed by atoms with Crippen molar-refractivity contribution >= 4 is 0 Å². The largest absolute Gasteiger partial charge is 0.347 e. The number of hydrogen-bond acceptors (Lipinski definition) is 2. The Bertz CT molecular complexity index is 1100. The SMILES string of the molecule is Cn1c(=O)n2n(c1=O)C1(C=CC2)[C@H]2CC[C@H]1c1c(F)c(F)c(F)c(F)c12. The first kappa shape index (κ1) is 15.7. The Balaban J connectivity index is 1.90. The first-order valence-corrected chi connectivity index (χ1v) is 8.25. The third-order valence-electron chi connectivity index (χ3n) is 6.15. The van der Waals surface area contributed by atoms with Gasteiger partial charge in [0.25, 0.3) is 0 Å². The van der Waals surface area contributed by atoms with Crippen LogP contribution in [-0.2, 0) is 19.1 Å². The van der Waals surface area contributed by atoms with Crippen LogP contribution in [-0.4, -0.2) is 13.9 Å². The minimum Gasteiger partial charge on any atom is -0.246 e. The monoisotopic (exact) mass is 367 g/mol. The molecule has 1 saturated carbocycles. The molecule has 2 heterocycles. The predicted octanol–water partition coefficient (Wildman–Crippen LogP) is 1.84. The molecular formula is C17H13F4N3O2. The van der Waals surface area contributed by atoms with Crippen molar-refractivity contribution in [2.75, 3.05) is 0 Å². The van der Waals surface area contributed by atoms with E-state index in [2.05, 4.69) is 0 Å². The van der Waals surface area contributed by atoms with Crippen molar-refractivity contribution in [1.82, 2.24) is 13.9 Å². The van der Waals surface area contributed by atoms with Gasteiger partial charge in [-0.05, 0) is 12.8 Å². The molecule has 2 aromatic rings. The quantitative estimate of drug-likeness (QED) is 0.309. The molecular weight excluding hydrogens is 354 g/mol. The Morgan fingerprint density at radius 3 is 2.00 bits per heavy atom. The highest BCUT2D eigenvalue weighted by Gasteiger charge is 2.62.